The van der Waals surface area contributed by atoms with Gasteiger partial charge in [-0.1, -0.05) is 23.5 Å². The Morgan fingerprint density at radius 2 is 1.35 bits per heavy atom. The van der Waals surface area contributed by atoms with Crippen molar-refractivity contribution < 1.29 is 19.1 Å². The monoisotopic (exact) mass is 314 g/mol. The molecule has 2 atom stereocenters. The number of hydrogen-bond donors (Lipinski definition) is 0. The summed E-state index contributed by atoms with van der Waals surface area (Å²) in [7, 11) is 2.73. The molecule has 2 unspecified atom stereocenters. The summed E-state index contributed by atoms with van der Waals surface area (Å²) in [6.07, 6.45) is 2.79. The van der Waals surface area contributed by atoms with E-state index in [0.29, 0.717) is 22.9 Å². The summed E-state index contributed by atoms with van der Waals surface area (Å²) in [4.78, 5) is 31.3. The van der Waals surface area contributed by atoms with Gasteiger partial charge in [-0.3, -0.25) is 0 Å². The van der Waals surface area contributed by atoms with Crippen LogP contribution in [0.4, 0.5) is 0 Å². The highest BCUT2D eigenvalue weighted by Crippen LogP contribution is 2.52. The van der Waals surface area contributed by atoms with Gasteiger partial charge in [-0.15, -0.1) is 0 Å². The van der Waals surface area contributed by atoms with Crippen molar-refractivity contribution in [1.82, 2.24) is 0 Å². The third kappa shape index (κ3) is 1.88. The number of esters is 2. The SMILES string of the molecule is COC(=O)C12CCCCC3(C(=O)OC)N=C(S1)C(=N2)S3. The maximum Gasteiger partial charge on any atom is 0.344 e. The van der Waals surface area contributed by atoms with Gasteiger partial charge in [0.05, 0.1) is 14.2 Å². The molecule has 0 radical (unpaired) electrons. The van der Waals surface area contributed by atoms with Crippen molar-refractivity contribution in [2.75, 3.05) is 14.2 Å². The van der Waals surface area contributed by atoms with Crippen LogP contribution in [-0.4, -0.2) is 46.0 Å². The van der Waals surface area contributed by atoms with Crippen LogP contribution in [0, 0.1) is 0 Å². The van der Waals surface area contributed by atoms with Crippen LogP contribution in [-0.2, 0) is 19.1 Å². The standard InChI is InChI=1S/C12H14N2O4S2/c1-17-9(15)11-5-3-4-6-12(10(16)18-2)14-8(19-11)7(13-11)20-12/h3-6H2,1-2H3. The third-order valence-electron chi connectivity index (χ3n) is 3.57. The van der Waals surface area contributed by atoms with Crippen molar-refractivity contribution in [2.45, 2.75) is 35.4 Å². The van der Waals surface area contributed by atoms with Gasteiger partial charge in [0.25, 0.3) is 0 Å². The molecule has 4 rings (SSSR count). The van der Waals surface area contributed by atoms with Crippen LogP contribution in [0.5, 0.6) is 0 Å². The van der Waals surface area contributed by atoms with E-state index in [9.17, 15) is 9.59 Å². The minimum Gasteiger partial charge on any atom is -0.467 e. The van der Waals surface area contributed by atoms with Gasteiger partial charge in [-0.05, 0) is 25.7 Å². The summed E-state index contributed by atoms with van der Waals surface area (Å²) in [5.41, 5.74) is 0. The van der Waals surface area contributed by atoms with E-state index >= 15 is 0 Å². The number of nitrogens with zero attached hydrogens (tertiary/aromatic N) is 2. The lowest BCUT2D eigenvalue weighted by atomic mass is 10.0. The van der Waals surface area contributed by atoms with E-state index in [1.165, 1.54) is 37.7 Å². The summed E-state index contributed by atoms with van der Waals surface area (Å²) < 4.78 is 9.77. The molecule has 0 aromatic carbocycles. The number of carbonyl (C=O) groups excluding carboxylic acids is 2. The van der Waals surface area contributed by atoms with Crippen molar-refractivity contribution in [3.8, 4) is 0 Å². The molecule has 0 fully saturated rings. The fourth-order valence-corrected chi connectivity index (χ4v) is 5.34. The molecule has 0 spiro atoms. The number of methoxy groups -OCH3 is 2. The molecule has 4 aliphatic rings. The first kappa shape index (κ1) is 13.9. The maximum atomic E-state index is 12.1. The fourth-order valence-electron chi connectivity index (χ4n) is 2.56. The molecule has 0 aliphatic carbocycles. The average Bonchev–Trinajstić information content (AvgIpc) is 3.00. The zero-order chi connectivity index (χ0) is 14.4. The van der Waals surface area contributed by atoms with Crippen LogP contribution in [0.3, 0.4) is 0 Å². The van der Waals surface area contributed by atoms with E-state index in [-0.39, 0.29) is 11.9 Å². The maximum absolute atomic E-state index is 12.1. The first-order valence-electron chi connectivity index (χ1n) is 6.30. The minimum atomic E-state index is -0.914. The first-order valence-corrected chi connectivity index (χ1v) is 7.93. The summed E-state index contributed by atoms with van der Waals surface area (Å²) in [5.74, 6) is -0.698. The molecule has 108 valence electrons. The number of thioether (sulfide) groups is 2. The topological polar surface area (TPSA) is 77.3 Å². The van der Waals surface area contributed by atoms with Gasteiger partial charge in [0.2, 0.25) is 9.74 Å². The van der Waals surface area contributed by atoms with E-state index in [1.54, 1.807) is 0 Å². The number of carbonyl (C=O) groups is 2. The van der Waals surface area contributed by atoms with Crippen LogP contribution in [0.25, 0.3) is 0 Å². The molecule has 0 N–H and O–H groups in total. The summed E-state index contributed by atoms with van der Waals surface area (Å²) in [6.45, 7) is 0. The quantitative estimate of drug-likeness (QED) is 0.720. The van der Waals surface area contributed by atoms with Gasteiger partial charge in [-0.2, -0.15) is 0 Å². The zero-order valence-electron chi connectivity index (χ0n) is 11.2. The van der Waals surface area contributed by atoms with E-state index in [1.807, 2.05) is 0 Å². The molecule has 6 nitrogen and oxygen atoms in total. The predicted octanol–water partition coefficient (Wildman–Crippen LogP) is 1.59. The van der Waals surface area contributed by atoms with Crippen LogP contribution >= 0.6 is 23.5 Å². The summed E-state index contributed by atoms with van der Waals surface area (Å²) in [6, 6.07) is 0. The fraction of sp³-hybridized carbons (Fsp3) is 0.667. The molecule has 4 bridgehead atoms. The van der Waals surface area contributed by atoms with Gasteiger partial charge in [0.1, 0.15) is 10.1 Å². The van der Waals surface area contributed by atoms with Gasteiger partial charge in [0, 0.05) is 0 Å². The minimum absolute atomic E-state index is 0.349. The van der Waals surface area contributed by atoms with Crippen LogP contribution in [0.15, 0.2) is 9.98 Å². The molecule has 20 heavy (non-hydrogen) atoms. The number of ether oxygens (including phenoxy) is 2. The Morgan fingerprint density at radius 1 is 0.950 bits per heavy atom. The number of fused-ring (bicyclic) bond motifs is 3. The lowest BCUT2D eigenvalue weighted by Crippen LogP contribution is -2.33. The average molecular weight is 314 g/mol. The van der Waals surface area contributed by atoms with Crippen LogP contribution in [0.1, 0.15) is 25.7 Å². The largest absolute Gasteiger partial charge is 0.467 e. The Balaban J connectivity index is 2.01. The van der Waals surface area contributed by atoms with E-state index < -0.39 is 9.74 Å². The van der Waals surface area contributed by atoms with Gasteiger partial charge >= 0.3 is 11.9 Å². The summed E-state index contributed by atoms with van der Waals surface area (Å²) in [5, 5.41) is 1.32. The normalized spacial score (nSPS) is 34.7. The number of rotatable bonds is 2. The zero-order valence-corrected chi connectivity index (χ0v) is 12.8. The third-order valence-corrected chi connectivity index (χ3v) is 6.25. The molecule has 0 saturated carbocycles. The highest BCUT2D eigenvalue weighted by molar-refractivity contribution is 8.28. The Kier molecular flexibility index (Phi) is 3.32. The molecule has 0 aromatic heterocycles. The van der Waals surface area contributed by atoms with Crippen molar-refractivity contribution >= 4 is 45.5 Å². The molecule has 4 heterocycles. The number of aliphatic imine (C=N–C) groups is 2. The van der Waals surface area contributed by atoms with Gasteiger partial charge in [-0.25, -0.2) is 19.6 Å². The van der Waals surface area contributed by atoms with Crippen molar-refractivity contribution in [3.63, 3.8) is 0 Å². The lowest BCUT2D eigenvalue weighted by molar-refractivity contribution is -0.144. The first-order chi connectivity index (χ1) is 9.55. The highest BCUT2D eigenvalue weighted by Gasteiger charge is 2.56. The van der Waals surface area contributed by atoms with Crippen molar-refractivity contribution in [2.24, 2.45) is 9.98 Å². The Labute approximate surface area is 124 Å². The number of hydrogen-bond acceptors (Lipinski definition) is 8. The second-order valence-electron chi connectivity index (χ2n) is 4.80. The molecule has 8 heteroatoms. The molecule has 4 aliphatic heterocycles. The second-order valence-corrected chi connectivity index (χ2v) is 7.33. The second kappa shape index (κ2) is 4.77. The molecule has 0 amide bonds. The van der Waals surface area contributed by atoms with Gasteiger partial charge < -0.3 is 9.47 Å². The van der Waals surface area contributed by atoms with Crippen molar-refractivity contribution in [1.29, 1.82) is 0 Å². The Bertz CT molecular complexity index is 500. The molecular weight excluding hydrogens is 300 g/mol. The molecule has 0 saturated heterocycles. The van der Waals surface area contributed by atoms with Crippen LogP contribution < -0.4 is 0 Å². The van der Waals surface area contributed by atoms with E-state index in [4.69, 9.17) is 9.47 Å². The Morgan fingerprint density at radius 3 is 1.70 bits per heavy atom. The smallest absolute Gasteiger partial charge is 0.344 e. The predicted molar refractivity (Wildman–Crippen MR) is 78.0 cm³/mol. The molecule has 0 aromatic rings. The van der Waals surface area contributed by atoms with Gasteiger partial charge in [0.15, 0.2) is 0 Å². The van der Waals surface area contributed by atoms with Crippen molar-refractivity contribution in [3.05, 3.63) is 0 Å². The molecular formula is C12H14N2O4S2. The lowest BCUT2D eigenvalue weighted by Gasteiger charge is -2.21. The summed E-state index contributed by atoms with van der Waals surface area (Å²) >= 11 is 2.60. The Hall–Kier alpha value is -1.02. The van der Waals surface area contributed by atoms with E-state index in [2.05, 4.69) is 9.98 Å². The van der Waals surface area contributed by atoms with Crippen LogP contribution in [0.2, 0.25) is 0 Å². The highest BCUT2D eigenvalue weighted by atomic mass is 32.2. The van der Waals surface area contributed by atoms with E-state index in [0.717, 1.165) is 12.8 Å².